The summed E-state index contributed by atoms with van der Waals surface area (Å²) in [6.45, 7) is 0. The third-order valence-electron chi connectivity index (χ3n) is 3.26. The second kappa shape index (κ2) is 8.39. The molecule has 5 N–H and O–H groups in total. The highest BCUT2D eigenvalue weighted by Crippen LogP contribution is 2.13. The molecule has 1 atom stereocenters. The largest absolute Gasteiger partial charge is 0.481 e. The molecule has 0 unspecified atom stereocenters. The highest BCUT2D eigenvalue weighted by molar-refractivity contribution is 5.97. The van der Waals surface area contributed by atoms with Crippen molar-refractivity contribution in [3.8, 4) is 0 Å². The molecule has 0 saturated heterocycles. The molecule has 2 rings (SSSR count). The maximum absolute atomic E-state index is 12.2. The molecule has 9 heteroatoms. The summed E-state index contributed by atoms with van der Waals surface area (Å²) in [6.07, 6.45) is 2.85. The maximum Gasteiger partial charge on any atom is 0.303 e. The van der Waals surface area contributed by atoms with Crippen molar-refractivity contribution in [3.05, 3.63) is 48.3 Å². The zero-order valence-electron chi connectivity index (χ0n) is 13.2. The third kappa shape index (κ3) is 5.57. The van der Waals surface area contributed by atoms with Crippen LogP contribution in [0.5, 0.6) is 0 Å². The van der Waals surface area contributed by atoms with Crippen LogP contribution in [0.2, 0.25) is 0 Å². The van der Waals surface area contributed by atoms with E-state index in [1.54, 1.807) is 42.7 Å². The molecule has 1 heterocycles. The number of anilines is 2. The lowest BCUT2D eigenvalue weighted by atomic mass is 10.1. The minimum Gasteiger partial charge on any atom is -0.481 e. The van der Waals surface area contributed by atoms with Gasteiger partial charge in [0.25, 0.3) is 5.91 Å². The first kappa shape index (κ1) is 17.9. The predicted molar refractivity (Wildman–Crippen MR) is 89.1 cm³/mol. The molecule has 2 amide bonds. The molecule has 0 fully saturated rings. The number of carbonyl (C=O) groups is 3. The lowest BCUT2D eigenvalue weighted by Crippen LogP contribution is -2.44. The number of hydrogen-bond donors (Lipinski definition) is 4. The zero-order chi connectivity index (χ0) is 18.2. The predicted octanol–water partition coefficient (Wildman–Crippen LogP) is 0.669. The van der Waals surface area contributed by atoms with E-state index in [1.165, 1.54) is 0 Å². The summed E-state index contributed by atoms with van der Waals surface area (Å²) in [4.78, 5) is 42.1. The highest BCUT2D eigenvalue weighted by atomic mass is 16.4. The summed E-state index contributed by atoms with van der Waals surface area (Å²) in [7, 11) is 0. The van der Waals surface area contributed by atoms with E-state index in [4.69, 9.17) is 10.8 Å². The van der Waals surface area contributed by atoms with Gasteiger partial charge in [0.1, 0.15) is 6.04 Å². The lowest BCUT2D eigenvalue weighted by molar-refractivity contribution is -0.137. The van der Waals surface area contributed by atoms with Gasteiger partial charge >= 0.3 is 5.97 Å². The molecule has 0 bridgehead atoms. The molecular weight excluding hydrogens is 326 g/mol. The standard InChI is InChI=1S/C16H17N5O4/c17-14(24)12(6-7-13(22)23)21-15(25)10-2-4-11(5-3-10)20-16-18-8-1-9-19-16/h1-5,8-9,12H,6-7H2,(H2,17,24)(H,21,25)(H,22,23)(H,18,19,20)/t12-/m0/s1. The van der Waals surface area contributed by atoms with Crippen molar-refractivity contribution in [2.24, 2.45) is 5.73 Å². The van der Waals surface area contributed by atoms with Gasteiger partial charge in [0.2, 0.25) is 11.9 Å². The second-order valence-corrected chi connectivity index (χ2v) is 5.14. The van der Waals surface area contributed by atoms with Gasteiger partial charge in [-0.1, -0.05) is 0 Å². The van der Waals surface area contributed by atoms with Crippen LogP contribution in [0.1, 0.15) is 23.2 Å². The zero-order valence-corrected chi connectivity index (χ0v) is 13.2. The molecule has 9 nitrogen and oxygen atoms in total. The molecule has 25 heavy (non-hydrogen) atoms. The van der Waals surface area contributed by atoms with Gasteiger partial charge in [-0.15, -0.1) is 0 Å². The van der Waals surface area contributed by atoms with Crippen LogP contribution >= 0.6 is 0 Å². The van der Waals surface area contributed by atoms with E-state index in [-0.39, 0.29) is 12.8 Å². The van der Waals surface area contributed by atoms with Crippen LogP contribution in [0.3, 0.4) is 0 Å². The summed E-state index contributed by atoms with van der Waals surface area (Å²) in [5.41, 5.74) is 6.18. The van der Waals surface area contributed by atoms with E-state index in [9.17, 15) is 14.4 Å². The Kier molecular flexibility index (Phi) is 5.99. The van der Waals surface area contributed by atoms with Crippen LogP contribution in [0.4, 0.5) is 11.6 Å². The SMILES string of the molecule is NC(=O)[C@H](CCC(=O)O)NC(=O)c1ccc(Nc2ncccn2)cc1. The number of carbonyl (C=O) groups excluding carboxylic acids is 2. The van der Waals surface area contributed by atoms with Crippen LogP contribution in [0, 0.1) is 0 Å². The van der Waals surface area contributed by atoms with Crippen LogP contribution in [0.25, 0.3) is 0 Å². The van der Waals surface area contributed by atoms with E-state index in [2.05, 4.69) is 20.6 Å². The number of nitrogens with two attached hydrogens (primary N) is 1. The van der Waals surface area contributed by atoms with Gasteiger partial charge in [-0.05, 0) is 36.8 Å². The normalized spacial score (nSPS) is 11.4. The van der Waals surface area contributed by atoms with Crippen molar-refractivity contribution in [2.75, 3.05) is 5.32 Å². The number of carboxylic acid groups (broad SMARTS) is 1. The first-order chi connectivity index (χ1) is 12.0. The topological polar surface area (TPSA) is 147 Å². The fourth-order valence-electron chi connectivity index (χ4n) is 1.99. The molecule has 1 aromatic carbocycles. The highest BCUT2D eigenvalue weighted by Gasteiger charge is 2.19. The van der Waals surface area contributed by atoms with Crippen LogP contribution in [-0.4, -0.2) is 38.9 Å². The Balaban J connectivity index is 1.99. The van der Waals surface area contributed by atoms with E-state index in [0.717, 1.165) is 0 Å². The van der Waals surface area contributed by atoms with Crippen molar-refractivity contribution in [1.29, 1.82) is 0 Å². The molecule has 0 spiro atoms. The molecule has 1 aromatic heterocycles. The molecule has 130 valence electrons. The average molecular weight is 343 g/mol. The van der Waals surface area contributed by atoms with Gasteiger partial charge < -0.3 is 21.5 Å². The van der Waals surface area contributed by atoms with E-state index in [1.807, 2.05) is 0 Å². The number of aliphatic carboxylic acids is 1. The number of amides is 2. The minimum absolute atomic E-state index is 0.0681. The van der Waals surface area contributed by atoms with E-state index < -0.39 is 23.8 Å². The molecule has 0 aliphatic carbocycles. The van der Waals surface area contributed by atoms with Gasteiger partial charge in [-0.25, -0.2) is 9.97 Å². The number of aromatic nitrogens is 2. The van der Waals surface area contributed by atoms with Crippen molar-refractivity contribution < 1.29 is 19.5 Å². The van der Waals surface area contributed by atoms with Crippen LogP contribution in [-0.2, 0) is 9.59 Å². The Bertz CT molecular complexity index is 749. The third-order valence-corrected chi connectivity index (χ3v) is 3.26. The lowest BCUT2D eigenvalue weighted by Gasteiger charge is -2.14. The van der Waals surface area contributed by atoms with Crippen molar-refractivity contribution >= 4 is 29.4 Å². The van der Waals surface area contributed by atoms with Gasteiger partial charge in [0.15, 0.2) is 0 Å². The van der Waals surface area contributed by atoms with Gasteiger partial charge in [0.05, 0.1) is 0 Å². The molecule has 0 aliphatic heterocycles. The minimum atomic E-state index is -1.07. The van der Waals surface area contributed by atoms with Crippen LogP contribution < -0.4 is 16.4 Å². The van der Waals surface area contributed by atoms with Gasteiger partial charge in [0, 0.05) is 30.1 Å². The maximum atomic E-state index is 12.2. The fraction of sp³-hybridized carbons (Fsp3) is 0.188. The number of carboxylic acids is 1. The first-order valence-electron chi connectivity index (χ1n) is 7.42. The molecule has 0 radical (unpaired) electrons. The number of benzene rings is 1. The number of nitrogens with one attached hydrogen (secondary N) is 2. The van der Waals surface area contributed by atoms with E-state index >= 15 is 0 Å². The number of rotatable bonds is 8. The Morgan fingerprint density at radius 2 is 1.76 bits per heavy atom. The quantitative estimate of drug-likeness (QED) is 0.550. The van der Waals surface area contributed by atoms with E-state index in [0.29, 0.717) is 17.2 Å². The molecule has 2 aromatic rings. The van der Waals surface area contributed by atoms with Gasteiger partial charge in [-0.2, -0.15) is 0 Å². The summed E-state index contributed by atoms with van der Waals surface area (Å²) in [5, 5.41) is 14.1. The van der Waals surface area contributed by atoms with Crippen molar-refractivity contribution in [3.63, 3.8) is 0 Å². The van der Waals surface area contributed by atoms with Gasteiger partial charge in [-0.3, -0.25) is 14.4 Å². The Morgan fingerprint density at radius 1 is 1.12 bits per heavy atom. The number of hydrogen-bond acceptors (Lipinski definition) is 6. The van der Waals surface area contributed by atoms with Crippen LogP contribution in [0.15, 0.2) is 42.7 Å². The number of primary amides is 1. The molecular formula is C16H17N5O4. The Morgan fingerprint density at radius 3 is 2.32 bits per heavy atom. The molecule has 0 aliphatic rings. The Labute approximate surface area is 143 Å². The number of nitrogens with zero attached hydrogens (tertiary/aromatic N) is 2. The fourth-order valence-corrected chi connectivity index (χ4v) is 1.99. The summed E-state index contributed by atoms with van der Waals surface area (Å²) < 4.78 is 0. The monoisotopic (exact) mass is 343 g/mol. The Hall–Kier alpha value is -3.49. The van der Waals surface area contributed by atoms with Crippen molar-refractivity contribution in [1.82, 2.24) is 15.3 Å². The second-order valence-electron chi connectivity index (χ2n) is 5.14. The first-order valence-corrected chi connectivity index (χ1v) is 7.42. The summed E-state index contributed by atoms with van der Waals surface area (Å²) >= 11 is 0. The summed E-state index contributed by atoms with van der Waals surface area (Å²) in [6, 6.07) is 7.06. The molecule has 0 saturated carbocycles. The van der Waals surface area contributed by atoms with Crippen molar-refractivity contribution in [2.45, 2.75) is 18.9 Å². The smallest absolute Gasteiger partial charge is 0.303 e. The average Bonchev–Trinajstić information content (AvgIpc) is 2.59. The summed E-state index contributed by atoms with van der Waals surface area (Å²) in [5.74, 6) is -1.95.